The smallest absolute Gasteiger partial charge is 0.133 e. The number of hydrogen-bond donors (Lipinski definition) is 0. The maximum absolute atomic E-state index is 10.8. The van der Waals surface area contributed by atoms with Crippen molar-refractivity contribution >= 4 is 5.78 Å². The van der Waals surface area contributed by atoms with Crippen molar-refractivity contribution in [3.63, 3.8) is 0 Å². The predicted octanol–water partition coefficient (Wildman–Crippen LogP) is 2.40. The number of carbonyl (C=O) groups is 1. The Morgan fingerprint density at radius 1 is 1.60 bits per heavy atom. The van der Waals surface area contributed by atoms with Gasteiger partial charge in [0.2, 0.25) is 0 Å². The number of Topliss-reactive ketones (excluding diaryl/α,β-unsaturated/α-hetero) is 1. The minimum atomic E-state index is 0.477. The largest absolute Gasteiger partial charge is 0.300 e. The number of hydrogen-bond acceptors (Lipinski definition) is 1. The van der Waals surface area contributed by atoms with Crippen molar-refractivity contribution in [3.05, 3.63) is 0 Å². The Morgan fingerprint density at radius 3 is 2.70 bits per heavy atom. The molecular weight excluding hydrogens is 124 g/mol. The molecule has 10 heavy (non-hydrogen) atoms. The molecule has 0 radical (unpaired) electrons. The summed E-state index contributed by atoms with van der Waals surface area (Å²) in [5, 5.41) is 0. The first-order chi connectivity index (χ1) is 4.68. The fraction of sp³-hybridized carbons (Fsp3) is 0.889. The van der Waals surface area contributed by atoms with E-state index in [2.05, 4.69) is 13.8 Å². The van der Waals surface area contributed by atoms with Crippen LogP contribution in [-0.4, -0.2) is 5.78 Å². The van der Waals surface area contributed by atoms with E-state index in [4.69, 9.17) is 0 Å². The van der Waals surface area contributed by atoms with E-state index in [1.807, 2.05) is 0 Å². The first kappa shape index (κ1) is 7.77. The van der Waals surface area contributed by atoms with E-state index in [0.717, 1.165) is 25.2 Å². The Labute approximate surface area is 62.8 Å². The average molecular weight is 140 g/mol. The van der Waals surface area contributed by atoms with Crippen LogP contribution in [0.15, 0.2) is 0 Å². The van der Waals surface area contributed by atoms with Gasteiger partial charge >= 0.3 is 0 Å². The van der Waals surface area contributed by atoms with E-state index < -0.39 is 0 Å². The molecule has 1 atom stereocenters. The maximum Gasteiger partial charge on any atom is 0.133 e. The average Bonchev–Trinajstić information content (AvgIpc) is 2.13. The van der Waals surface area contributed by atoms with Crippen molar-refractivity contribution < 1.29 is 4.79 Å². The molecule has 1 heteroatoms. The molecule has 0 aliphatic heterocycles. The van der Waals surface area contributed by atoms with E-state index in [-0.39, 0.29) is 0 Å². The van der Waals surface area contributed by atoms with Crippen molar-refractivity contribution in [2.45, 2.75) is 39.5 Å². The lowest BCUT2D eigenvalue weighted by Gasteiger charge is -2.09. The molecule has 0 aromatic carbocycles. The Morgan fingerprint density at radius 2 is 2.30 bits per heavy atom. The summed E-state index contributed by atoms with van der Waals surface area (Å²) in [5.74, 6) is 1.95. The van der Waals surface area contributed by atoms with Crippen LogP contribution >= 0.6 is 0 Å². The van der Waals surface area contributed by atoms with Gasteiger partial charge in [0.25, 0.3) is 0 Å². The van der Waals surface area contributed by atoms with E-state index in [9.17, 15) is 4.79 Å². The molecule has 0 saturated heterocycles. The van der Waals surface area contributed by atoms with Gasteiger partial charge in [0.1, 0.15) is 5.78 Å². The van der Waals surface area contributed by atoms with Crippen LogP contribution < -0.4 is 0 Å². The van der Waals surface area contributed by atoms with Gasteiger partial charge in [-0.1, -0.05) is 13.8 Å². The fourth-order valence-electron chi connectivity index (χ4n) is 1.76. The molecule has 0 amide bonds. The molecular formula is C9H16O. The van der Waals surface area contributed by atoms with E-state index >= 15 is 0 Å². The third-order valence-corrected chi connectivity index (χ3v) is 2.15. The third kappa shape index (κ3) is 2.13. The summed E-state index contributed by atoms with van der Waals surface area (Å²) >= 11 is 0. The molecule has 0 aromatic rings. The number of carbonyl (C=O) groups excluding carboxylic acids is 1. The quantitative estimate of drug-likeness (QED) is 0.575. The summed E-state index contributed by atoms with van der Waals surface area (Å²) < 4.78 is 0. The molecule has 1 aliphatic carbocycles. The molecule has 0 N–H and O–H groups in total. The molecule has 1 aliphatic rings. The van der Waals surface area contributed by atoms with Gasteiger partial charge in [0.15, 0.2) is 0 Å². The summed E-state index contributed by atoms with van der Waals surface area (Å²) in [7, 11) is 0. The van der Waals surface area contributed by atoms with Crippen LogP contribution in [0.25, 0.3) is 0 Å². The summed E-state index contributed by atoms with van der Waals surface area (Å²) in [4.78, 5) is 10.8. The second kappa shape index (κ2) is 3.18. The van der Waals surface area contributed by atoms with Crippen LogP contribution in [0, 0.1) is 11.8 Å². The molecule has 0 spiro atoms. The van der Waals surface area contributed by atoms with Crippen LogP contribution in [0.3, 0.4) is 0 Å². The van der Waals surface area contributed by atoms with E-state index in [1.54, 1.807) is 0 Å². The highest BCUT2D eigenvalue weighted by molar-refractivity contribution is 5.80. The Balaban J connectivity index is 2.24. The maximum atomic E-state index is 10.8. The summed E-state index contributed by atoms with van der Waals surface area (Å²) in [6, 6.07) is 0. The van der Waals surface area contributed by atoms with Gasteiger partial charge in [0.05, 0.1) is 0 Å². The first-order valence-corrected chi connectivity index (χ1v) is 4.20. The van der Waals surface area contributed by atoms with Gasteiger partial charge in [-0.2, -0.15) is 0 Å². The molecule has 1 unspecified atom stereocenters. The topological polar surface area (TPSA) is 17.1 Å². The Kier molecular flexibility index (Phi) is 2.47. The summed E-state index contributed by atoms with van der Waals surface area (Å²) in [6.45, 7) is 4.45. The molecule has 1 fully saturated rings. The third-order valence-electron chi connectivity index (χ3n) is 2.15. The molecule has 58 valence electrons. The molecule has 0 heterocycles. The lowest BCUT2D eigenvalue weighted by atomic mass is 9.96. The van der Waals surface area contributed by atoms with Crippen molar-refractivity contribution in [1.29, 1.82) is 0 Å². The second-order valence-corrected chi connectivity index (χ2v) is 3.78. The molecule has 1 saturated carbocycles. The Hall–Kier alpha value is -0.330. The van der Waals surface area contributed by atoms with E-state index in [1.165, 1.54) is 6.42 Å². The van der Waals surface area contributed by atoms with E-state index in [0.29, 0.717) is 11.7 Å². The molecule has 1 nitrogen and oxygen atoms in total. The molecule has 1 rings (SSSR count). The van der Waals surface area contributed by atoms with Crippen LogP contribution in [-0.2, 0) is 4.79 Å². The summed E-state index contributed by atoms with van der Waals surface area (Å²) in [5.41, 5.74) is 0. The zero-order chi connectivity index (χ0) is 7.56. The normalized spacial score (nSPS) is 26.3. The van der Waals surface area contributed by atoms with Gasteiger partial charge in [-0.3, -0.25) is 4.79 Å². The monoisotopic (exact) mass is 140 g/mol. The van der Waals surface area contributed by atoms with Crippen LogP contribution in [0.5, 0.6) is 0 Å². The minimum Gasteiger partial charge on any atom is -0.300 e. The zero-order valence-electron chi connectivity index (χ0n) is 6.89. The minimum absolute atomic E-state index is 0.477. The van der Waals surface area contributed by atoms with Crippen LogP contribution in [0.4, 0.5) is 0 Å². The highest BCUT2D eigenvalue weighted by atomic mass is 16.1. The van der Waals surface area contributed by atoms with Crippen LogP contribution in [0.1, 0.15) is 39.5 Å². The highest BCUT2D eigenvalue weighted by Gasteiger charge is 2.22. The zero-order valence-corrected chi connectivity index (χ0v) is 6.89. The highest BCUT2D eigenvalue weighted by Crippen LogP contribution is 2.27. The van der Waals surface area contributed by atoms with Crippen molar-refractivity contribution in [2.24, 2.45) is 11.8 Å². The van der Waals surface area contributed by atoms with Gasteiger partial charge in [-0.05, 0) is 24.7 Å². The van der Waals surface area contributed by atoms with Crippen molar-refractivity contribution in [2.75, 3.05) is 0 Å². The number of ketones is 1. The second-order valence-electron chi connectivity index (χ2n) is 3.78. The Bertz CT molecular complexity index is 127. The van der Waals surface area contributed by atoms with Gasteiger partial charge in [-0.25, -0.2) is 0 Å². The standard InChI is InChI=1S/C9H16O/c1-7(2)5-8-3-4-9(10)6-8/h7-8H,3-6H2,1-2H3. The molecule has 0 aromatic heterocycles. The SMILES string of the molecule is CC(C)CC1CCC(=O)C1. The van der Waals surface area contributed by atoms with Gasteiger partial charge < -0.3 is 0 Å². The first-order valence-electron chi connectivity index (χ1n) is 4.20. The van der Waals surface area contributed by atoms with Crippen molar-refractivity contribution in [3.8, 4) is 0 Å². The van der Waals surface area contributed by atoms with Crippen LogP contribution in [0.2, 0.25) is 0 Å². The van der Waals surface area contributed by atoms with Crippen molar-refractivity contribution in [1.82, 2.24) is 0 Å². The molecule has 0 bridgehead atoms. The predicted molar refractivity (Wildman–Crippen MR) is 41.8 cm³/mol. The fourth-order valence-corrected chi connectivity index (χ4v) is 1.76. The van der Waals surface area contributed by atoms with Gasteiger partial charge in [0, 0.05) is 12.8 Å². The summed E-state index contributed by atoms with van der Waals surface area (Å²) in [6.07, 6.45) is 4.10. The van der Waals surface area contributed by atoms with Gasteiger partial charge in [-0.15, -0.1) is 0 Å². The number of rotatable bonds is 2. The lowest BCUT2D eigenvalue weighted by molar-refractivity contribution is -0.117. The lowest BCUT2D eigenvalue weighted by Crippen LogP contribution is -1.99.